The topological polar surface area (TPSA) is 96.9 Å². The zero-order chi connectivity index (χ0) is 17.3. The molecule has 2 N–H and O–H groups in total. The van der Waals surface area contributed by atoms with Gasteiger partial charge in [-0.3, -0.25) is 4.79 Å². The van der Waals surface area contributed by atoms with Crippen molar-refractivity contribution < 1.29 is 13.2 Å². The average molecular weight is 346 g/mol. The van der Waals surface area contributed by atoms with Gasteiger partial charge in [0.15, 0.2) is 5.03 Å². The van der Waals surface area contributed by atoms with Gasteiger partial charge in [0.05, 0.1) is 6.42 Å². The highest BCUT2D eigenvalue weighted by atomic mass is 32.2. The Kier molecular flexibility index (Phi) is 4.15. The first-order chi connectivity index (χ1) is 11.4. The molecule has 0 radical (unpaired) electrons. The molecule has 3 aromatic rings. The Morgan fingerprint density at radius 3 is 2.79 bits per heavy atom. The summed E-state index contributed by atoms with van der Waals surface area (Å²) in [6, 6.07) is 7.54. The highest BCUT2D eigenvalue weighted by Crippen LogP contribution is 2.18. The predicted octanol–water partition coefficient (Wildman–Crippen LogP) is 1.74. The zero-order valence-electron chi connectivity index (χ0n) is 13.4. The van der Waals surface area contributed by atoms with Gasteiger partial charge in [-0.15, -0.1) is 0 Å². The number of sulfonamides is 1. The summed E-state index contributed by atoms with van der Waals surface area (Å²) in [4.78, 5) is 19.2. The van der Waals surface area contributed by atoms with E-state index in [1.54, 1.807) is 17.7 Å². The van der Waals surface area contributed by atoms with Crippen LogP contribution in [-0.4, -0.2) is 28.9 Å². The third kappa shape index (κ3) is 3.05. The summed E-state index contributed by atoms with van der Waals surface area (Å²) in [5.41, 5.74) is 1.65. The summed E-state index contributed by atoms with van der Waals surface area (Å²) < 4.78 is 28.4. The molecule has 0 aliphatic carbocycles. The fraction of sp³-hybridized carbons (Fsp3) is 0.250. The molecule has 3 rings (SSSR count). The van der Waals surface area contributed by atoms with Crippen LogP contribution in [0.1, 0.15) is 18.3 Å². The van der Waals surface area contributed by atoms with Crippen LogP contribution in [0, 0.1) is 6.92 Å². The number of aromatic amines is 1. The normalized spacial score (nSPS) is 11.8. The third-order valence-electron chi connectivity index (χ3n) is 3.84. The number of aryl methyl sites for hydroxylation is 2. The summed E-state index contributed by atoms with van der Waals surface area (Å²) >= 11 is 0. The van der Waals surface area contributed by atoms with Gasteiger partial charge in [0, 0.05) is 29.8 Å². The molecule has 24 heavy (non-hydrogen) atoms. The molecule has 0 bridgehead atoms. The lowest BCUT2D eigenvalue weighted by Crippen LogP contribution is -2.32. The zero-order valence-corrected chi connectivity index (χ0v) is 14.2. The first-order valence-corrected chi connectivity index (χ1v) is 9.03. The number of carbonyl (C=O) groups excluding carboxylic acids is 1. The van der Waals surface area contributed by atoms with Crippen LogP contribution in [-0.2, 0) is 27.8 Å². The van der Waals surface area contributed by atoms with Crippen molar-refractivity contribution in [3.8, 4) is 0 Å². The summed E-state index contributed by atoms with van der Waals surface area (Å²) in [5.74, 6) is -0.00888. The molecular formula is C16H18N4O3S. The van der Waals surface area contributed by atoms with Gasteiger partial charge in [-0.2, -0.15) is 8.42 Å². The summed E-state index contributed by atoms with van der Waals surface area (Å²) in [5, 5.41) is 0.755. The van der Waals surface area contributed by atoms with Gasteiger partial charge in [0.25, 0.3) is 10.0 Å². The minimum Gasteiger partial charge on any atom is -0.361 e. The monoisotopic (exact) mass is 346 g/mol. The SMILES string of the molecule is CCn1cc(S(=O)(=O)NC(=O)Cc2c[nH]c3ccccc23)nc1C. The van der Waals surface area contributed by atoms with Crippen LogP contribution in [0.5, 0.6) is 0 Å². The molecule has 0 aliphatic heterocycles. The van der Waals surface area contributed by atoms with Crippen LogP contribution in [0.4, 0.5) is 0 Å². The Hall–Kier alpha value is -2.61. The van der Waals surface area contributed by atoms with Crippen molar-refractivity contribution in [1.29, 1.82) is 0 Å². The number of H-pyrrole nitrogens is 1. The van der Waals surface area contributed by atoms with Gasteiger partial charge >= 0.3 is 0 Å². The number of nitrogens with zero attached hydrogens (tertiary/aromatic N) is 2. The molecule has 0 atom stereocenters. The maximum Gasteiger partial charge on any atom is 0.283 e. The first-order valence-electron chi connectivity index (χ1n) is 7.55. The van der Waals surface area contributed by atoms with E-state index in [1.807, 2.05) is 31.2 Å². The van der Waals surface area contributed by atoms with Crippen LogP contribution in [0.3, 0.4) is 0 Å². The molecule has 0 aliphatic rings. The summed E-state index contributed by atoms with van der Waals surface area (Å²) in [6.07, 6.45) is 3.11. The molecule has 0 unspecified atom stereocenters. The van der Waals surface area contributed by atoms with Gasteiger partial charge in [-0.25, -0.2) is 9.71 Å². The molecule has 1 aromatic carbocycles. The largest absolute Gasteiger partial charge is 0.361 e. The van der Waals surface area contributed by atoms with Crippen molar-refractivity contribution in [2.24, 2.45) is 0 Å². The van der Waals surface area contributed by atoms with E-state index in [0.29, 0.717) is 12.4 Å². The van der Waals surface area contributed by atoms with Gasteiger partial charge in [0.1, 0.15) is 5.82 Å². The number of fused-ring (bicyclic) bond motifs is 1. The number of nitrogens with one attached hydrogen (secondary N) is 2. The molecule has 0 fully saturated rings. The number of carbonyl (C=O) groups is 1. The van der Waals surface area contributed by atoms with Crippen molar-refractivity contribution in [3.63, 3.8) is 0 Å². The summed E-state index contributed by atoms with van der Waals surface area (Å²) in [6.45, 7) is 4.22. The molecule has 2 aromatic heterocycles. The molecule has 2 heterocycles. The third-order valence-corrected chi connectivity index (χ3v) is 5.09. The van der Waals surface area contributed by atoms with E-state index in [9.17, 15) is 13.2 Å². The standard InChI is InChI=1S/C16H18N4O3S/c1-3-20-10-16(18-11(20)2)24(22,23)19-15(21)8-12-9-17-14-7-5-4-6-13(12)14/h4-7,9-10,17H,3,8H2,1-2H3,(H,19,21). The second-order valence-corrected chi connectivity index (χ2v) is 7.11. The Morgan fingerprint density at radius 2 is 2.08 bits per heavy atom. The smallest absolute Gasteiger partial charge is 0.283 e. The fourth-order valence-electron chi connectivity index (χ4n) is 2.62. The van der Waals surface area contributed by atoms with Crippen molar-refractivity contribution in [2.45, 2.75) is 31.8 Å². The van der Waals surface area contributed by atoms with Crippen LogP contribution in [0.25, 0.3) is 10.9 Å². The predicted molar refractivity (Wildman–Crippen MR) is 90.0 cm³/mol. The van der Waals surface area contributed by atoms with Crippen LogP contribution >= 0.6 is 0 Å². The number of hydrogen-bond acceptors (Lipinski definition) is 4. The van der Waals surface area contributed by atoms with Crippen molar-refractivity contribution in [3.05, 3.63) is 48.0 Å². The second-order valence-electron chi connectivity index (χ2n) is 5.48. The second kappa shape index (κ2) is 6.12. The molecule has 1 amide bonds. The van der Waals surface area contributed by atoms with Crippen LogP contribution in [0.15, 0.2) is 41.7 Å². The van der Waals surface area contributed by atoms with E-state index in [0.717, 1.165) is 16.5 Å². The number of amides is 1. The van der Waals surface area contributed by atoms with Gasteiger partial charge < -0.3 is 9.55 Å². The van der Waals surface area contributed by atoms with Gasteiger partial charge in [-0.1, -0.05) is 18.2 Å². The van der Waals surface area contributed by atoms with Crippen LogP contribution in [0.2, 0.25) is 0 Å². The molecule has 0 saturated heterocycles. The van der Waals surface area contributed by atoms with Crippen molar-refractivity contribution >= 4 is 26.8 Å². The molecular weight excluding hydrogens is 328 g/mol. The highest BCUT2D eigenvalue weighted by molar-refractivity contribution is 7.90. The number of aromatic nitrogens is 3. The van der Waals surface area contributed by atoms with Crippen molar-refractivity contribution in [1.82, 2.24) is 19.3 Å². The number of imidazole rings is 1. The lowest BCUT2D eigenvalue weighted by atomic mass is 10.1. The first kappa shape index (κ1) is 16.3. The Morgan fingerprint density at radius 1 is 1.33 bits per heavy atom. The van der Waals surface area contributed by atoms with E-state index >= 15 is 0 Å². The number of rotatable bonds is 5. The molecule has 0 spiro atoms. The maximum atomic E-state index is 12.3. The van der Waals surface area contributed by atoms with E-state index < -0.39 is 15.9 Å². The summed E-state index contributed by atoms with van der Waals surface area (Å²) in [7, 11) is -3.97. The lowest BCUT2D eigenvalue weighted by molar-refractivity contribution is -0.118. The van der Waals surface area contributed by atoms with E-state index in [4.69, 9.17) is 0 Å². The van der Waals surface area contributed by atoms with Crippen molar-refractivity contribution in [2.75, 3.05) is 0 Å². The van der Waals surface area contributed by atoms with Crippen LogP contribution < -0.4 is 4.72 Å². The molecule has 8 heteroatoms. The quantitative estimate of drug-likeness (QED) is 0.735. The highest BCUT2D eigenvalue weighted by Gasteiger charge is 2.22. The Labute approximate surface area is 139 Å². The van der Waals surface area contributed by atoms with Gasteiger partial charge in [0.2, 0.25) is 5.91 Å². The van der Waals surface area contributed by atoms with E-state index in [-0.39, 0.29) is 11.4 Å². The van der Waals surface area contributed by atoms with E-state index in [1.165, 1.54) is 6.20 Å². The average Bonchev–Trinajstić information content (AvgIpc) is 3.11. The minimum atomic E-state index is -3.97. The minimum absolute atomic E-state index is 0.0310. The number of para-hydroxylation sites is 1. The van der Waals surface area contributed by atoms with E-state index in [2.05, 4.69) is 14.7 Å². The number of hydrogen-bond donors (Lipinski definition) is 2. The molecule has 7 nitrogen and oxygen atoms in total. The molecule has 0 saturated carbocycles. The van der Waals surface area contributed by atoms with Gasteiger partial charge in [-0.05, 0) is 25.5 Å². The number of benzene rings is 1. The lowest BCUT2D eigenvalue weighted by Gasteiger charge is -2.04. The Balaban J connectivity index is 1.78. The maximum absolute atomic E-state index is 12.3. The Bertz CT molecular complexity index is 1000. The fourth-order valence-corrected chi connectivity index (χ4v) is 3.61. The molecule has 126 valence electrons.